The molecule has 0 aromatic carbocycles. The van der Waals surface area contributed by atoms with Crippen molar-refractivity contribution in [3.8, 4) is 11.9 Å². The quantitative estimate of drug-likeness (QED) is 0.597. The Hall–Kier alpha value is -2.88. The molecule has 21 heavy (non-hydrogen) atoms. The lowest BCUT2D eigenvalue weighted by molar-refractivity contribution is -0.121. The maximum absolute atomic E-state index is 12.2. The van der Waals surface area contributed by atoms with Gasteiger partial charge in [0.2, 0.25) is 0 Å². The fourth-order valence-electron chi connectivity index (χ4n) is 2.02. The number of pyridine rings is 1. The van der Waals surface area contributed by atoms with Crippen LogP contribution in [0.15, 0.2) is 31.0 Å². The van der Waals surface area contributed by atoms with Crippen molar-refractivity contribution in [2.75, 3.05) is 0 Å². The van der Waals surface area contributed by atoms with Gasteiger partial charge in [0.05, 0.1) is 6.07 Å². The summed E-state index contributed by atoms with van der Waals surface area (Å²) < 4.78 is 1.45. The van der Waals surface area contributed by atoms with Crippen molar-refractivity contribution in [2.24, 2.45) is 11.8 Å². The first-order chi connectivity index (χ1) is 10.2. The third-order valence-corrected chi connectivity index (χ3v) is 3.34. The van der Waals surface area contributed by atoms with Crippen LogP contribution in [0, 0.1) is 23.2 Å². The highest BCUT2D eigenvalue weighted by molar-refractivity contribution is 6.13. The number of carbonyl (C=O) groups excluding carboxylic acids is 2. The maximum Gasteiger partial charge on any atom is 0.189 e. The summed E-state index contributed by atoms with van der Waals surface area (Å²) in [5, 5.41) is 13.0. The number of carbonyl (C=O) groups is 2. The highest BCUT2D eigenvalue weighted by Crippen LogP contribution is 2.33. The number of nitriles is 1. The van der Waals surface area contributed by atoms with Crippen molar-refractivity contribution in [3.05, 3.63) is 36.5 Å². The van der Waals surface area contributed by atoms with Crippen LogP contribution in [0.4, 0.5) is 0 Å². The van der Waals surface area contributed by atoms with Crippen molar-refractivity contribution in [1.29, 1.82) is 5.26 Å². The Morgan fingerprint density at radius 2 is 2.19 bits per heavy atom. The molecule has 0 spiro atoms. The van der Waals surface area contributed by atoms with Gasteiger partial charge in [-0.2, -0.15) is 10.4 Å². The molecular formula is C14H11N5O2. The molecule has 7 nitrogen and oxygen atoms in total. The summed E-state index contributed by atoms with van der Waals surface area (Å²) in [6.45, 7) is 0. The summed E-state index contributed by atoms with van der Waals surface area (Å²) in [7, 11) is 0. The summed E-state index contributed by atoms with van der Waals surface area (Å²) in [5.41, 5.74) is 0.249. The Morgan fingerprint density at radius 1 is 1.38 bits per heavy atom. The monoisotopic (exact) mass is 281 g/mol. The van der Waals surface area contributed by atoms with Crippen LogP contribution in [0.3, 0.4) is 0 Å². The first-order valence-electron chi connectivity index (χ1n) is 6.49. The van der Waals surface area contributed by atoms with E-state index in [1.165, 1.54) is 29.6 Å². The Bertz CT molecular complexity index is 711. The first-order valence-corrected chi connectivity index (χ1v) is 6.49. The molecule has 0 N–H and O–H groups in total. The lowest BCUT2D eigenvalue weighted by atomic mass is 9.93. The van der Waals surface area contributed by atoms with E-state index in [2.05, 4.69) is 15.1 Å². The maximum atomic E-state index is 12.2. The highest BCUT2D eigenvalue weighted by Gasteiger charge is 2.38. The van der Waals surface area contributed by atoms with Gasteiger partial charge in [0.15, 0.2) is 23.3 Å². The molecule has 0 saturated heterocycles. The van der Waals surface area contributed by atoms with E-state index in [0.29, 0.717) is 5.82 Å². The molecule has 7 heteroatoms. The lowest BCUT2D eigenvalue weighted by Gasteiger charge is -2.07. The van der Waals surface area contributed by atoms with Crippen molar-refractivity contribution in [3.63, 3.8) is 0 Å². The molecule has 104 valence electrons. The van der Waals surface area contributed by atoms with Crippen LogP contribution in [0.25, 0.3) is 5.82 Å². The van der Waals surface area contributed by atoms with Gasteiger partial charge in [0.25, 0.3) is 0 Å². The molecule has 1 saturated carbocycles. The van der Waals surface area contributed by atoms with Crippen LogP contribution in [0.2, 0.25) is 0 Å². The number of Topliss-reactive ketones (excluding diaryl/α,β-unsaturated/α-hetero) is 2. The van der Waals surface area contributed by atoms with E-state index in [-0.39, 0.29) is 17.3 Å². The van der Waals surface area contributed by atoms with Crippen molar-refractivity contribution in [2.45, 2.75) is 12.8 Å². The zero-order valence-electron chi connectivity index (χ0n) is 11.0. The van der Waals surface area contributed by atoms with Gasteiger partial charge in [-0.15, -0.1) is 0 Å². The normalized spacial score (nSPS) is 15.2. The smallest absolute Gasteiger partial charge is 0.189 e. The largest absolute Gasteiger partial charge is 0.297 e. The van der Waals surface area contributed by atoms with E-state index in [1.807, 2.05) is 6.07 Å². The molecule has 1 fully saturated rings. The third kappa shape index (κ3) is 2.56. The topological polar surface area (TPSA) is 102 Å². The molecule has 2 heterocycles. The minimum atomic E-state index is -1.23. The Labute approximate surface area is 120 Å². The number of aromatic nitrogens is 4. The lowest BCUT2D eigenvalue weighted by Crippen LogP contribution is -2.24. The van der Waals surface area contributed by atoms with Gasteiger partial charge < -0.3 is 0 Å². The predicted octanol–water partition coefficient (Wildman–Crippen LogP) is 0.964. The summed E-state index contributed by atoms with van der Waals surface area (Å²) in [6, 6.07) is 4.94. The first kappa shape index (κ1) is 13.1. The van der Waals surface area contributed by atoms with Crippen LogP contribution < -0.4 is 0 Å². The summed E-state index contributed by atoms with van der Waals surface area (Å²) >= 11 is 0. The highest BCUT2D eigenvalue weighted by atomic mass is 16.2. The summed E-state index contributed by atoms with van der Waals surface area (Å²) in [4.78, 5) is 32.1. The second-order valence-electron chi connectivity index (χ2n) is 4.85. The van der Waals surface area contributed by atoms with E-state index < -0.39 is 11.7 Å². The molecule has 2 aromatic rings. The van der Waals surface area contributed by atoms with Crippen LogP contribution in [0.5, 0.6) is 0 Å². The fourth-order valence-corrected chi connectivity index (χ4v) is 2.02. The van der Waals surface area contributed by atoms with E-state index >= 15 is 0 Å². The number of hydrogen-bond donors (Lipinski definition) is 0. The third-order valence-electron chi connectivity index (χ3n) is 3.34. The number of rotatable bonds is 5. The van der Waals surface area contributed by atoms with E-state index in [1.54, 1.807) is 6.07 Å². The van der Waals surface area contributed by atoms with Gasteiger partial charge in [0.1, 0.15) is 12.7 Å². The van der Waals surface area contributed by atoms with Crippen LogP contribution >= 0.6 is 0 Å². The molecule has 1 aliphatic rings. The van der Waals surface area contributed by atoms with E-state index in [0.717, 1.165) is 12.8 Å². The van der Waals surface area contributed by atoms with Crippen molar-refractivity contribution < 1.29 is 9.59 Å². The second kappa shape index (κ2) is 5.25. The van der Waals surface area contributed by atoms with Crippen LogP contribution in [0.1, 0.15) is 23.2 Å². The molecule has 0 amide bonds. The predicted molar refractivity (Wildman–Crippen MR) is 70.3 cm³/mol. The van der Waals surface area contributed by atoms with Crippen LogP contribution in [-0.4, -0.2) is 31.3 Å². The molecule has 0 bridgehead atoms. The average Bonchev–Trinajstić information content (AvgIpc) is 3.23. The minimum absolute atomic E-state index is 0.124. The van der Waals surface area contributed by atoms with E-state index in [4.69, 9.17) is 5.26 Å². The van der Waals surface area contributed by atoms with Gasteiger partial charge in [0, 0.05) is 17.7 Å². The standard InChI is InChI=1S/C14H11N5O2/c15-5-11(13(20)9-1-2-9)14(21)10-3-4-12(17-6-10)19-8-16-7-18-19/h3-4,6-9,11H,1-2H2. The van der Waals surface area contributed by atoms with Gasteiger partial charge >= 0.3 is 0 Å². The molecule has 1 atom stereocenters. The Kier molecular flexibility index (Phi) is 3.28. The van der Waals surface area contributed by atoms with Gasteiger partial charge in [-0.25, -0.2) is 14.6 Å². The number of nitrogens with zero attached hydrogens (tertiary/aromatic N) is 5. The molecule has 0 radical (unpaired) electrons. The Balaban J connectivity index is 1.81. The average molecular weight is 281 g/mol. The molecule has 0 aliphatic heterocycles. The second-order valence-corrected chi connectivity index (χ2v) is 4.85. The number of hydrogen-bond acceptors (Lipinski definition) is 6. The van der Waals surface area contributed by atoms with Crippen molar-refractivity contribution >= 4 is 11.6 Å². The Morgan fingerprint density at radius 3 is 2.71 bits per heavy atom. The molecule has 2 aromatic heterocycles. The molecule has 1 aliphatic carbocycles. The van der Waals surface area contributed by atoms with Crippen LogP contribution in [-0.2, 0) is 4.79 Å². The summed E-state index contributed by atoms with van der Waals surface area (Å²) in [5.74, 6) is -1.61. The van der Waals surface area contributed by atoms with Gasteiger partial charge in [-0.3, -0.25) is 9.59 Å². The molecule has 3 rings (SSSR count). The van der Waals surface area contributed by atoms with Gasteiger partial charge in [-0.05, 0) is 25.0 Å². The number of ketones is 2. The minimum Gasteiger partial charge on any atom is -0.297 e. The zero-order valence-corrected chi connectivity index (χ0v) is 11.0. The molecular weight excluding hydrogens is 270 g/mol. The van der Waals surface area contributed by atoms with E-state index in [9.17, 15) is 9.59 Å². The fraction of sp³-hybridized carbons (Fsp3) is 0.286. The molecule has 1 unspecified atom stereocenters. The van der Waals surface area contributed by atoms with Gasteiger partial charge in [-0.1, -0.05) is 0 Å². The summed E-state index contributed by atoms with van der Waals surface area (Å²) in [6.07, 6.45) is 5.75. The SMILES string of the molecule is N#CC(C(=O)c1ccc(-n2cncn2)nc1)C(=O)C1CC1. The van der Waals surface area contributed by atoms with Crippen molar-refractivity contribution in [1.82, 2.24) is 19.7 Å². The zero-order chi connectivity index (χ0) is 14.8.